The summed E-state index contributed by atoms with van der Waals surface area (Å²) in [5.74, 6) is 0.0168. The number of hydrogen-bond donors (Lipinski definition) is 1. The van der Waals surface area contributed by atoms with E-state index in [1.807, 2.05) is 27.7 Å². The molecule has 0 aliphatic heterocycles. The third-order valence-electron chi connectivity index (χ3n) is 5.14. The van der Waals surface area contributed by atoms with Crippen molar-refractivity contribution in [3.8, 4) is 0 Å². The number of nitrogens with zero attached hydrogens (tertiary/aromatic N) is 2. The number of ether oxygens (including phenoxy) is 1. The standard InChI is InChI=1S/C18H25N3O3/c1-10(2)15-14-13(9-11(3)19-17(14)24-21-15)16(22)20-12(4)18(23-5)7-6-8-18/h9-10,12H,6-8H2,1-5H3,(H,20,22). The van der Waals surface area contributed by atoms with Crippen LogP contribution in [0.15, 0.2) is 10.6 Å². The van der Waals surface area contributed by atoms with E-state index >= 15 is 0 Å². The number of carbonyl (C=O) groups is 1. The van der Waals surface area contributed by atoms with E-state index in [1.54, 1.807) is 13.2 Å². The van der Waals surface area contributed by atoms with Gasteiger partial charge in [-0.1, -0.05) is 19.0 Å². The summed E-state index contributed by atoms with van der Waals surface area (Å²) < 4.78 is 11.0. The van der Waals surface area contributed by atoms with E-state index in [0.29, 0.717) is 16.7 Å². The van der Waals surface area contributed by atoms with Crippen LogP contribution >= 0.6 is 0 Å². The van der Waals surface area contributed by atoms with Crippen LogP contribution in [0.3, 0.4) is 0 Å². The molecule has 0 radical (unpaired) electrons. The zero-order valence-electron chi connectivity index (χ0n) is 15.0. The summed E-state index contributed by atoms with van der Waals surface area (Å²) in [7, 11) is 1.72. The Morgan fingerprint density at radius 3 is 2.62 bits per heavy atom. The van der Waals surface area contributed by atoms with Gasteiger partial charge in [0.2, 0.25) is 0 Å². The third kappa shape index (κ3) is 2.69. The highest BCUT2D eigenvalue weighted by Crippen LogP contribution is 2.38. The number of amides is 1. The van der Waals surface area contributed by atoms with Gasteiger partial charge >= 0.3 is 0 Å². The number of aryl methyl sites for hydroxylation is 1. The fourth-order valence-electron chi connectivity index (χ4n) is 3.41. The fraction of sp³-hybridized carbons (Fsp3) is 0.611. The first-order valence-electron chi connectivity index (χ1n) is 8.51. The Morgan fingerprint density at radius 1 is 1.38 bits per heavy atom. The second-order valence-corrected chi connectivity index (χ2v) is 7.03. The Balaban J connectivity index is 1.96. The first-order chi connectivity index (χ1) is 11.4. The molecular formula is C18H25N3O3. The number of hydrogen-bond acceptors (Lipinski definition) is 5. The molecule has 1 N–H and O–H groups in total. The molecule has 1 atom stereocenters. The maximum Gasteiger partial charge on any atom is 0.259 e. The lowest BCUT2D eigenvalue weighted by molar-refractivity contribution is -0.0919. The van der Waals surface area contributed by atoms with Crippen LogP contribution in [0.2, 0.25) is 0 Å². The van der Waals surface area contributed by atoms with Crippen LogP contribution in [0.5, 0.6) is 0 Å². The monoisotopic (exact) mass is 331 g/mol. The maximum atomic E-state index is 12.9. The molecule has 1 unspecified atom stereocenters. The van der Waals surface area contributed by atoms with E-state index in [1.165, 1.54) is 0 Å². The lowest BCUT2D eigenvalue weighted by Crippen LogP contribution is -2.56. The van der Waals surface area contributed by atoms with Gasteiger partial charge in [0.15, 0.2) is 0 Å². The highest BCUT2D eigenvalue weighted by atomic mass is 16.5. The summed E-state index contributed by atoms with van der Waals surface area (Å²) in [6.45, 7) is 7.90. The quantitative estimate of drug-likeness (QED) is 0.909. The van der Waals surface area contributed by atoms with Crippen molar-refractivity contribution in [1.29, 1.82) is 0 Å². The van der Waals surface area contributed by atoms with Crippen molar-refractivity contribution < 1.29 is 14.1 Å². The summed E-state index contributed by atoms with van der Waals surface area (Å²) in [4.78, 5) is 17.3. The fourth-order valence-corrected chi connectivity index (χ4v) is 3.41. The van der Waals surface area contributed by atoms with Crippen molar-refractivity contribution in [2.24, 2.45) is 0 Å². The summed E-state index contributed by atoms with van der Waals surface area (Å²) in [5.41, 5.74) is 2.24. The van der Waals surface area contributed by atoms with Crippen molar-refractivity contribution in [2.45, 2.75) is 64.5 Å². The summed E-state index contributed by atoms with van der Waals surface area (Å²) >= 11 is 0. The molecule has 2 aromatic heterocycles. The molecule has 6 heteroatoms. The van der Waals surface area contributed by atoms with Crippen LogP contribution in [0.1, 0.15) is 67.7 Å². The molecule has 1 fully saturated rings. The molecule has 0 bridgehead atoms. The number of carbonyl (C=O) groups excluding carboxylic acids is 1. The van der Waals surface area contributed by atoms with Gasteiger partial charge in [0.1, 0.15) is 0 Å². The Kier molecular flexibility index (Phi) is 4.34. The molecule has 1 saturated carbocycles. The molecule has 6 nitrogen and oxygen atoms in total. The van der Waals surface area contributed by atoms with Crippen LogP contribution in [-0.2, 0) is 4.74 Å². The summed E-state index contributed by atoms with van der Waals surface area (Å²) in [6.07, 6.45) is 3.08. The Morgan fingerprint density at radius 2 is 2.08 bits per heavy atom. The molecule has 24 heavy (non-hydrogen) atoms. The number of pyridine rings is 1. The molecule has 2 heterocycles. The number of fused-ring (bicyclic) bond motifs is 1. The molecule has 0 aromatic carbocycles. The molecule has 2 aromatic rings. The largest absolute Gasteiger partial charge is 0.376 e. The van der Waals surface area contributed by atoms with Gasteiger partial charge in [-0.2, -0.15) is 0 Å². The van der Waals surface area contributed by atoms with Crippen molar-refractivity contribution in [1.82, 2.24) is 15.5 Å². The van der Waals surface area contributed by atoms with Gasteiger partial charge in [0.25, 0.3) is 11.6 Å². The van der Waals surface area contributed by atoms with Crippen molar-refractivity contribution in [3.05, 3.63) is 23.0 Å². The van der Waals surface area contributed by atoms with E-state index in [-0.39, 0.29) is 23.5 Å². The van der Waals surface area contributed by atoms with Crippen LogP contribution in [0.4, 0.5) is 0 Å². The van der Waals surface area contributed by atoms with E-state index in [2.05, 4.69) is 15.5 Å². The number of rotatable bonds is 5. The van der Waals surface area contributed by atoms with Gasteiger partial charge in [-0.05, 0) is 45.1 Å². The molecule has 0 saturated heterocycles. The maximum absolute atomic E-state index is 12.9. The highest BCUT2D eigenvalue weighted by molar-refractivity contribution is 6.06. The number of aromatic nitrogens is 2. The predicted molar refractivity (Wildman–Crippen MR) is 91.1 cm³/mol. The number of nitrogens with one attached hydrogen (secondary N) is 1. The molecule has 130 valence electrons. The average Bonchev–Trinajstić information content (AvgIpc) is 2.89. The van der Waals surface area contributed by atoms with Crippen LogP contribution in [-0.4, -0.2) is 34.8 Å². The lowest BCUT2D eigenvalue weighted by atomic mass is 9.75. The van der Waals surface area contributed by atoms with Gasteiger partial charge in [0, 0.05) is 12.8 Å². The SMILES string of the molecule is COC1(C(C)NC(=O)c2cc(C)nc3onc(C(C)C)c23)CCC1. The van der Waals surface area contributed by atoms with E-state index < -0.39 is 0 Å². The second-order valence-electron chi connectivity index (χ2n) is 7.03. The lowest BCUT2D eigenvalue weighted by Gasteiger charge is -2.45. The van der Waals surface area contributed by atoms with Gasteiger partial charge < -0.3 is 14.6 Å². The zero-order chi connectivity index (χ0) is 17.5. The molecule has 1 amide bonds. The van der Waals surface area contributed by atoms with Crippen LogP contribution in [0, 0.1) is 6.92 Å². The normalized spacial score (nSPS) is 17.8. The number of methoxy groups -OCH3 is 1. The zero-order valence-corrected chi connectivity index (χ0v) is 15.0. The first-order valence-corrected chi connectivity index (χ1v) is 8.51. The van der Waals surface area contributed by atoms with Crippen molar-refractivity contribution in [2.75, 3.05) is 7.11 Å². The summed E-state index contributed by atoms with van der Waals surface area (Å²) in [6, 6.07) is 1.74. The minimum absolute atomic E-state index is 0.0605. The molecular weight excluding hydrogens is 306 g/mol. The van der Waals surface area contributed by atoms with Crippen LogP contribution < -0.4 is 5.32 Å². The van der Waals surface area contributed by atoms with Gasteiger partial charge in [-0.3, -0.25) is 4.79 Å². The Bertz CT molecular complexity index is 757. The van der Waals surface area contributed by atoms with Crippen molar-refractivity contribution >= 4 is 17.0 Å². The van der Waals surface area contributed by atoms with Gasteiger partial charge in [0.05, 0.1) is 28.3 Å². The topological polar surface area (TPSA) is 77.2 Å². The minimum Gasteiger partial charge on any atom is -0.376 e. The van der Waals surface area contributed by atoms with E-state index in [9.17, 15) is 4.79 Å². The van der Waals surface area contributed by atoms with Crippen molar-refractivity contribution in [3.63, 3.8) is 0 Å². The van der Waals surface area contributed by atoms with Gasteiger partial charge in [-0.25, -0.2) is 4.98 Å². The minimum atomic E-state index is -0.244. The average molecular weight is 331 g/mol. The first kappa shape index (κ1) is 16.9. The Labute approximate surface area is 141 Å². The second kappa shape index (κ2) is 6.16. The predicted octanol–water partition coefficient (Wildman–Crippen LogP) is 3.34. The highest BCUT2D eigenvalue weighted by Gasteiger charge is 2.43. The smallest absolute Gasteiger partial charge is 0.259 e. The molecule has 0 spiro atoms. The van der Waals surface area contributed by atoms with Crippen LogP contribution in [0.25, 0.3) is 11.1 Å². The molecule has 1 aliphatic carbocycles. The molecule has 3 rings (SSSR count). The summed E-state index contributed by atoms with van der Waals surface area (Å²) in [5, 5.41) is 7.92. The Hall–Kier alpha value is -1.95. The third-order valence-corrected chi connectivity index (χ3v) is 5.14. The molecule has 1 aliphatic rings. The van der Waals surface area contributed by atoms with Gasteiger partial charge in [-0.15, -0.1) is 0 Å². The van der Waals surface area contributed by atoms with E-state index in [0.717, 1.165) is 30.7 Å². The van der Waals surface area contributed by atoms with E-state index in [4.69, 9.17) is 9.26 Å².